The van der Waals surface area contributed by atoms with Crippen LogP contribution in [0.4, 0.5) is 0 Å². The van der Waals surface area contributed by atoms with E-state index in [1.54, 1.807) is 0 Å². The molecule has 0 aliphatic carbocycles. The molecule has 8 aromatic carbocycles. The van der Waals surface area contributed by atoms with Crippen LogP contribution in [0.25, 0.3) is 92.4 Å². The van der Waals surface area contributed by atoms with Gasteiger partial charge in [-0.05, 0) is 68.3 Å². The summed E-state index contributed by atoms with van der Waals surface area (Å²) in [4.78, 5) is 0. The largest absolute Gasteiger partial charge is 0.314 e. The molecule has 0 saturated heterocycles. The molecule has 244 valence electrons. The Hall–Kier alpha value is -6.48. The zero-order valence-corrected chi connectivity index (χ0v) is 29.2. The average Bonchev–Trinajstić information content (AvgIpc) is 3.81. The van der Waals surface area contributed by atoms with Crippen molar-refractivity contribution in [3.8, 4) is 61.3 Å². The molecule has 0 saturated carbocycles. The molecule has 0 fully saturated rings. The van der Waals surface area contributed by atoms with Gasteiger partial charge in [0.2, 0.25) is 0 Å². The molecular weight excluding hydrogens is 647 g/mol. The van der Waals surface area contributed by atoms with Gasteiger partial charge in [0.15, 0.2) is 0 Å². The van der Waals surface area contributed by atoms with Gasteiger partial charge in [0.25, 0.3) is 0 Å². The Labute approximate surface area is 307 Å². The molecule has 0 N–H and O–H groups in total. The summed E-state index contributed by atoms with van der Waals surface area (Å²) in [6.07, 6.45) is 2.35. The Morgan fingerprint density at radius 2 is 0.769 bits per heavy atom. The summed E-state index contributed by atoms with van der Waals surface area (Å²) < 4.78 is 5.03. The molecule has 10 aromatic rings. The first-order chi connectivity index (χ1) is 25.8. The summed E-state index contributed by atoms with van der Waals surface area (Å²) in [5, 5.41) is 3.83. The van der Waals surface area contributed by atoms with Gasteiger partial charge in [-0.2, -0.15) is 0 Å². The van der Waals surface area contributed by atoms with Crippen LogP contribution in [0.2, 0.25) is 0 Å². The van der Waals surface area contributed by atoms with Gasteiger partial charge in [-0.15, -0.1) is 11.3 Å². The zero-order chi connectivity index (χ0) is 34.4. The Balaban J connectivity index is 1.15. The monoisotopic (exact) mass is 679 g/mol. The van der Waals surface area contributed by atoms with Crippen molar-refractivity contribution in [1.82, 2.24) is 4.57 Å². The van der Waals surface area contributed by atoms with E-state index in [0.29, 0.717) is 0 Å². The van der Waals surface area contributed by atoms with E-state index in [9.17, 15) is 0 Å². The molecule has 0 amide bonds. The van der Waals surface area contributed by atoms with Crippen LogP contribution >= 0.6 is 11.3 Å². The highest BCUT2D eigenvalue weighted by atomic mass is 32.1. The minimum absolute atomic E-state index is 1.19. The maximum Gasteiger partial charge on any atom is 0.0634 e. The number of fused-ring (bicyclic) bond motifs is 4. The van der Waals surface area contributed by atoms with Crippen molar-refractivity contribution < 1.29 is 0 Å². The van der Waals surface area contributed by atoms with Crippen LogP contribution in [0.5, 0.6) is 0 Å². The second-order valence-electron chi connectivity index (χ2n) is 13.3. The van der Waals surface area contributed by atoms with E-state index in [1.807, 2.05) is 11.3 Å². The number of rotatable bonds is 6. The van der Waals surface area contributed by atoms with Gasteiger partial charge in [0, 0.05) is 32.6 Å². The summed E-state index contributed by atoms with van der Waals surface area (Å²) in [5.41, 5.74) is 14.7. The highest BCUT2D eigenvalue weighted by molar-refractivity contribution is 7.26. The molecule has 0 unspecified atom stereocenters. The van der Waals surface area contributed by atoms with Crippen LogP contribution < -0.4 is 0 Å². The van der Waals surface area contributed by atoms with E-state index >= 15 is 0 Å². The fourth-order valence-electron chi connectivity index (χ4n) is 7.64. The van der Waals surface area contributed by atoms with Gasteiger partial charge in [-0.1, -0.05) is 176 Å². The van der Waals surface area contributed by atoms with Crippen molar-refractivity contribution in [2.45, 2.75) is 0 Å². The van der Waals surface area contributed by atoms with E-state index in [-0.39, 0.29) is 0 Å². The molecule has 1 nitrogen and oxygen atoms in total. The summed E-state index contributed by atoms with van der Waals surface area (Å²) in [6, 6.07) is 70.4. The maximum absolute atomic E-state index is 2.41. The third kappa shape index (κ3) is 5.24. The molecule has 0 aliphatic heterocycles. The predicted octanol–water partition coefficient (Wildman–Crippen LogP) is 14.3. The van der Waals surface area contributed by atoms with Crippen LogP contribution in [0.1, 0.15) is 0 Å². The molecule has 2 aromatic heterocycles. The molecule has 0 bridgehead atoms. The van der Waals surface area contributed by atoms with Gasteiger partial charge in [0.05, 0.1) is 15.9 Å². The lowest BCUT2D eigenvalue weighted by atomic mass is 9.97. The van der Waals surface area contributed by atoms with Crippen LogP contribution in [0, 0.1) is 0 Å². The molecular formula is C50H33NS. The Bertz CT molecular complexity index is 2850. The van der Waals surface area contributed by atoms with Crippen molar-refractivity contribution in [3.05, 3.63) is 200 Å². The van der Waals surface area contributed by atoms with Gasteiger partial charge in [0.1, 0.15) is 0 Å². The van der Waals surface area contributed by atoms with Crippen LogP contribution in [-0.2, 0) is 0 Å². The van der Waals surface area contributed by atoms with Gasteiger partial charge in [-0.3, -0.25) is 0 Å². The highest BCUT2D eigenvalue weighted by Crippen LogP contribution is 2.44. The van der Waals surface area contributed by atoms with E-state index < -0.39 is 0 Å². The fourth-order valence-corrected chi connectivity index (χ4v) is 8.98. The number of hydrogen-bond donors (Lipinski definition) is 0. The summed E-state index contributed by atoms with van der Waals surface area (Å²) in [7, 11) is 0. The average molecular weight is 680 g/mol. The molecule has 0 aliphatic rings. The van der Waals surface area contributed by atoms with Crippen LogP contribution in [-0.4, -0.2) is 4.57 Å². The second-order valence-corrected chi connectivity index (χ2v) is 14.4. The Morgan fingerprint density at radius 3 is 1.38 bits per heavy atom. The molecule has 0 atom stereocenters. The second kappa shape index (κ2) is 12.7. The van der Waals surface area contributed by atoms with Crippen molar-refractivity contribution >= 4 is 42.4 Å². The van der Waals surface area contributed by atoms with Crippen LogP contribution in [0.15, 0.2) is 200 Å². The third-order valence-electron chi connectivity index (χ3n) is 10.3. The number of thiophene rings is 1. The third-order valence-corrected chi connectivity index (χ3v) is 11.6. The standard InChI is InChI=1S/C50H33NS/c1-4-12-34(13-5-1)36-22-24-38(25-23-36)41-30-31-47-45(32-41)46(40-28-26-37(27-29-40)35-14-6-2-7-15-35)33-51(47)48-21-11-20-44-43-19-10-18-42(49(43)52-50(44)48)39-16-8-3-9-17-39/h1-33H. The van der Waals surface area contributed by atoms with E-state index in [4.69, 9.17) is 0 Å². The lowest BCUT2D eigenvalue weighted by molar-refractivity contribution is 1.15. The van der Waals surface area contributed by atoms with Crippen LogP contribution in [0.3, 0.4) is 0 Å². The van der Waals surface area contributed by atoms with Crippen molar-refractivity contribution in [1.29, 1.82) is 0 Å². The highest BCUT2D eigenvalue weighted by Gasteiger charge is 2.18. The van der Waals surface area contributed by atoms with E-state index in [0.717, 1.165) is 0 Å². The van der Waals surface area contributed by atoms with Crippen molar-refractivity contribution in [2.24, 2.45) is 0 Å². The van der Waals surface area contributed by atoms with Crippen molar-refractivity contribution in [2.75, 3.05) is 0 Å². The molecule has 2 heteroatoms. The lowest BCUT2D eigenvalue weighted by Crippen LogP contribution is -1.92. The van der Waals surface area contributed by atoms with Gasteiger partial charge >= 0.3 is 0 Å². The molecule has 0 spiro atoms. The summed E-state index contributed by atoms with van der Waals surface area (Å²) in [5.74, 6) is 0. The first-order valence-corrected chi connectivity index (χ1v) is 18.6. The minimum Gasteiger partial charge on any atom is -0.314 e. The Kier molecular flexibility index (Phi) is 7.41. The molecule has 10 rings (SSSR count). The van der Waals surface area contributed by atoms with Gasteiger partial charge < -0.3 is 4.57 Å². The topological polar surface area (TPSA) is 4.93 Å². The number of aromatic nitrogens is 1. The number of nitrogens with zero attached hydrogens (tertiary/aromatic N) is 1. The molecule has 2 heterocycles. The first kappa shape index (κ1) is 30.4. The quantitative estimate of drug-likeness (QED) is 0.165. The van der Waals surface area contributed by atoms with E-state index in [1.165, 1.54) is 92.4 Å². The minimum atomic E-state index is 1.19. The van der Waals surface area contributed by atoms with E-state index in [2.05, 4.69) is 205 Å². The molecule has 52 heavy (non-hydrogen) atoms. The summed E-state index contributed by atoms with van der Waals surface area (Å²) >= 11 is 1.90. The number of hydrogen-bond acceptors (Lipinski definition) is 1. The number of benzene rings is 8. The fraction of sp³-hybridized carbons (Fsp3) is 0. The Morgan fingerprint density at radius 1 is 0.308 bits per heavy atom. The SMILES string of the molecule is c1ccc(-c2ccc(-c3ccc4c(c3)c(-c3ccc(-c5ccccc5)cc3)cn4-c3cccc4c3sc3c(-c5ccccc5)cccc34)cc2)cc1. The summed E-state index contributed by atoms with van der Waals surface area (Å²) in [6.45, 7) is 0. The van der Waals surface area contributed by atoms with Crippen molar-refractivity contribution in [3.63, 3.8) is 0 Å². The lowest BCUT2D eigenvalue weighted by Gasteiger charge is -2.09. The molecule has 0 radical (unpaired) electrons. The predicted molar refractivity (Wildman–Crippen MR) is 223 cm³/mol. The van der Waals surface area contributed by atoms with Gasteiger partial charge in [-0.25, -0.2) is 0 Å². The first-order valence-electron chi connectivity index (χ1n) is 17.8. The smallest absolute Gasteiger partial charge is 0.0634 e. The maximum atomic E-state index is 2.41. The zero-order valence-electron chi connectivity index (χ0n) is 28.4. The normalized spacial score (nSPS) is 11.5.